The Bertz CT molecular complexity index is 517. The number of rotatable bonds is 9. The van der Waals surface area contributed by atoms with Crippen LogP contribution in [-0.2, 0) is 25.7 Å². The van der Waals surface area contributed by atoms with Gasteiger partial charge in [-0.25, -0.2) is 9.59 Å². The van der Waals surface area contributed by atoms with E-state index in [4.69, 9.17) is 14.6 Å². The second-order valence-corrected chi connectivity index (χ2v) is 4.88. The Kier molecular flexibility index (Phi) is 8.20. The highest BCUT2D eigenvalue weighted by molar-refractivity contribution is 5.85. The number of esters is 1. The first-order valence-corrected chi connectivity index (χ1v) is 7.38. The summed E-state index contributed by atoms with van der Waals surface area (Å²) in [6.45, 7) is 2.19. The first-order valence-electron chi connectivity index (χ1n) is 7.38. The van der Waals surface area contributed by atoms with Crippen LogP contribution in [0.15, 0.2) is 30.3 Å². The van der Waals surface area contributed by atoms with Gasteiger partial charge in [0.25, 0.3) is 0 Å². The number of ether oxygens (including phenoxy) is 2. The molecule has 1 aromatic rings. The minimum atomic E-state index is -1.38. The van der Waals surface area contributed by atoms with Crippen LogP contribution in [0.25, 0.3) is 0 Å². The maximum Gasteiger partial charge on any atom is 0.408 e. The molecule has 0 radical (unpaired) electrons. The van der Waals surface area contributed by atoms with E-state index in [1.165, 1.54) is 0 Å². The number of carboxylic acids is 1. The van der Waals surface area contributed by atoms with Gasteiger partial charge in [0.15, 0.2) is 0 Å². The van der Waals surface area contributed by atoms with Crippen LogP contribution < -0.4 is 5.32 Å². The van der Waals surface area contributed by atoms with Gasteiger partial charge in [0.2, 0.25) is 0 Å². The molecule has 7 nitrogen and oxygen atoms in total. The second kappa shape index (κ2) is 10.2. The van der Waals surface area contributed by atoms with Crippen molar-refractivity contribution in [3.8, 4) is 0 Å². The summed E-state index contributed by atoms with van der Waals surface area (Å²) in [5.74, 6) is -2.00. The molecule has 0 heterocycles. The van der Waals surface area contributed by atoms with Gasteiger partial charge in [-0.2, -0.15) is 0 Å². The summed E-state index contributed by atoms with van der Waals surface area (Å²) in [6, 6.07) is 7.58. The third-order valence-corrected chi connectivity index (χ3v) is 2.93. The predicted octanol–water partition coefficient (Wildman–Crippen LogP) is 2.10. The number of benzene rings is 1. The molecule has 1 atom stereocenters. The summed E-state index contributed by atoms with van der Waals surface area (Å²) in [5.41, 5.74) is 0.772. The average molecular weight is 323 g/mol. The lowest BCUT2D eigenvalue weighted by Gasteiger charge is -2.14. The smallest absolute Gasteiger partial charge is 0.408 e. The van der Waals surface area contributed by atoms with E-state index in [9.17, 15) is 14.4 Å². The van der Waals surface area contributed by atoms with Gasteiger partial charge in [-0.05, 0) is 12.0 Å². The van der Waals surface area contributed by atoms with Crippen molar-refractivity contribution in [3.05, 3.63) is 35.9 Å². The Labute approximate surface area is 134 Å². The lowest BCUT2D eigenvalue weighted by molar-refractivity contribution is -0.149. The average Bonchev–Trinajstić information content (AvgIpc) is 2.53. The standard InChI is InChI=1S/C16H21NO6/c1-2-3-9-22-14(18)10-13(15(19)20)17-16(21)23-11-12-7-5-4-6-8-12/h4-8,13H,2-3,9-11H2,1H3,(H,17,21)(H,19,20)/t13-/m1/s1. The molecule has 23 heavy (non-hydrogen) atoms. The minimum Gasteiger partial charge on any atom is -0.480 e. The fourth-order valence-corrected chi connectivity index (χ4v) is 1.66. The number of carbonyl (C=O) groups is 3. The molecule has 0 saturated heterocycles. The Balaban J connectivity index is 2.40. The van der Waals surface area contributed by atoms with E-state index in [0.29, 0.717) is 6.42 Å². The highest BCUT2D eigenvalue weighted by Crippen LogP contribution is 2.02. The molecule has 2 N–H and O–H groups in total. The van der Waals surface area contributed by atoms with E-state index in [0.717, 1.165) is 12.0 Å². The maximum absolute atomic E-state index is 11.6. The number of carboxylic acid groups (broad SMARTS) is 1. The molecular weight excluding hydrogens is 302 g/mol. The van der Waals surface area contributed by atoms with Crippen LogP contribution >= 0.6 is 0 Å². The van der Waals surface area contributed by atoms with Crippen molar-refractivity contribution in [1.29, 1.82) is 0 Å². The summed E-state index contributed by atoms with van der Waals surface area (Å²) in [5, 5.41) is 11.2. The maximum atomic E-state index is 11.6. The zero-order valence-electron chi connectivity index (χ0n) is 13.0. The fraction of sp³-hybridized carbons (Fsp3) is 0.438. The molecular formula is C16H21NO6. The van der Waals surface area contributed by atoms with Crippen molar-refractivity contribution in [2.24, 2.45) is 0 Å². The van der Waals surface area contributed by atoms with Crippen molar-refractivity contribution < 1.29 is 29.0 Å². The lowest BCUT2D eigenvalue weighted by Crippen LogP contribution is -2.42. The Hall–Kier alpha value is -2.57. The van der Waals surface area contributed by atoms with E-state index >= 15 is 0 Å². The van der Waals surface area contributed by atoms with Gasteiger partial charge in [0.05, 0.1) is 13.0 Å². The third kappa shape index (κ3) is 7.85. The second-order valence-electron chi connectivity index (χ2n) is 4.88. The quantitative estimate of drug-likeness (QED) is 0.533. The zero-order chi connectivity index (χ0) is 17.1. The molecule has 0 fully saturated rings. The fourth-order valence-electron chi connectivity index (χ4n) is 1.66. The topological polar surface area (TPSA) is 102 Å². The van der Waals surface area contributed by atoms with Crippen molar-refractivity contribution >= 4 is 18.0 Å². The summed E-state index contributed by atoms with van der Waals surface area (Å²) in [4.78, 5) is 34.2. The van der Waals surface area contributed by atoms with Crippen molar-refractivity contribution in [1.82, 2.24) is 5.32 Å². The molecule has 0 spiro atoms. The highest BCUT2D eigenvalue weighted by atomic mass is 16.5. The van der Waals surface area contributed by atoms with Crippen molar-refractivity contribution in [2.45, 2.75) is 38.8 Å². The molecule has 0 aliphatic heterocycles. The van der Waals surface area contributed by atoms with Crippen LogP contribution in [0.2, 0.25) is 0 Å². The number of alkyl carbamates (subject to hydrolysis) is 1. The van der Waals surface area contributed by atoms with Crippen molar-refractivity contribution in [2.75, 3.05) is 6.61 Å². The van der Waals surface area contributed by atoms with Crippen LogP contribution in [0.3, 0.4) is 0 Å². The number of hydrogen-bond donors (Lipinski definition) is 2. The van der Waals surface area contributed by atoms with E-state index in [1.807, 2.05) is 13.0 Å². The minimum absolute atomic E-state index is 0.0138. The third-order valence-electron chi connectivity index (χ3n) is 2.93. The summed E-state index contributed by atoms with van der Waals surface area (Å²) in [7, 11) is 0. The van der Waals surface area contributed by atoms with E-state index in [1.54, 1.807) is 24.3 Å². The molecule has 0 bridgehead atoms. The van der Waals surface area contributed by atoms with Crippen LogP contribution in [0.1, 0.15) is 31.7 Å². The van der Waals surface area contributed by atoms with E-state index in [-0.39, 0.29) is 13.2 Å². The monoisotopic (exact) mass is 323 g/mol. The molecule has 1 amide bonds. The number of carbonyl (C=O) groups excluding carboxylic acids is 2. The molecule has 0 aliphatic carbocycles. The van der Waals surface area contributed by atoms with E-state index < -0.39 is 30.5 Å². The largest absolute Gasteiger partial charge is 0.480 e. The summed E-state index contributed by atoms with van der Waals surface area (Å²) in [6.07, 6.45) is 0.220. The van der Waals surface area contributed by atoms with Crippen LogP contribution in [0, 0.1) is 0 Å². The Morgan fingerprint density at radius 1 is 1.17 bits per heavy atom. The first kappa shape index (κ1) is 18.5. The molecule has 1 rings (SSSR count). The zero-order valence-corrected chi connectivity index (χ0v) is 13.0. The van der Waals surface area contributed by atoms with Gasteiger partial charge in [0, 0.05) is 0 Å². The molecule has 0 saturated carbocycles. The number of amides is 1. The van der Waals surface area contributed by atoms with Gasteiger partial charge >= 0.3 is 18.0 Å². The van der Waals surface area contributed by atoms with Gasteiger partial charge in [-0.1, -0.05) is 43.7 Å². The lowest BCUT2D eigenvalue weighted by atomic mass is 10.2. The molecule has 7 heteroatoms. The van der Waals surface area contributed by atoms with Gasteiger partial charge in [-0.3, -0.25) is 4.79 Å². The van der Waals surface area contributed by atoms with Crippen LogP contribution in [-0.4, -0.2) is 35.8 Å². The highest BCUT2D eigenvalue weighted by Gasteiger charge is 2.24. The Morgan fingerprint density at radius 3 is 2.48 bits per heavy atom. The van der Waals surface area contributed by atoms with Crippen LogP contribution in [0.5, 0.6) is 0 Å². The van der Waals surface area contributed by atoms with Crippen molar-refractivity contribution in [3.63, 3.8) is 0 Å². The molecule has 1 aromatic carbocycles. The first-order chi connectivity index (χ1) is 11.0. The normalized spacial score (nSPS) is 11.3. The molecule has 0 unspecified atom stereocenters. The van der Waals surface area contributed by atoms with E-state index in [2.05, 4.69) is 5.32 Å². The predicted molar refractivity (Wildman–Crippen MR) is 81.7 cm³/mol. The number of nitrogens with one attached hydrogen (secondary N) is 1. The molecule has 126 valence electrons. The SMILES string of the molecule is CCCCOC(=O)C[C@@H](NC(=O)OCc1ccccc1)C(=O)O. The van der Waals surface area contributed by atoms with Crippen LogP contribution in [0.4, 0.5) is 4.79 Å². The number of hydrogen-bond acceptors (Lipinski definition) is 5. The summed E-state index contributed by atoms with van der Waals surface area (Å²) < 4.78 is 9.80. The number of unbranched alkanes of at least 4 members (excludes halogenated alkanes) is 1. The number of aliphatic carboxylic acids is 1. The molecule has 0 aromatic heterocycles. The van der Waals surface area contributed by atoms with Gasteiger partial charge < -0.3 is 19.9 Å². The van der Waals surface area contributed by atoms with Gasteiger partial charge in [-0.15, -0.1) is 0 Å². The van der Waals surface area contributed by atoms with Gasteiger partial charge in [0.1, 0.15) is 12.6 Å². The molecule has 0 aliphatic rings. The Morgan fingerprint density at radius 2 is 1.87 bits per heavy atom. The summed E-state index contributed by atoms with van der Waals surface area (Å²) >= 11 is 0.